The number of amides is 2. The van der Waals surface area contributed by atoms with E-state index in [2.05, 4.69) is 23.6 Å². The third-order valence-electron chi connectivity index (χ3n) is 4.63. The van der Waals surface area contributed by atoms with Crippen molar-refractivity contribution in [1.82, 2.24) is 5.32 Å². The Morgan fingerprint density at radius 1 is 1.33 bits per heavy atom. The van der Waals surface area contributed by atoms with Crippen LogP contribution in [0.1, 0.15) is 33.3 Å². The second kappa shape index (κ2) is 8.28. The molecule has 0 spiro atoms. The van der Waals surface area contributed by atoms with Crippen molar-refractivity contribution in [2.75, 3.05) is 5.32 Å². The second-order valence-corrected chi connectivity index (χ2v) is 8.24. The minimum absolute atomic E-state index is 0.233. The third-order valence-corrected chi connectivity index (χ3v) is 5.74. The van der Waals surface area contributed by atoms with Gasteiger partial charge in [0.1, 0.15) is 5.92 Å². The highest BCUT2D eigenvalue weighted by atomic mass is 32.2. The van der Waals surface area contributed by atoms with Crippen LogP contribution in [0.2, 0.25) is 0 Å². The number of nitriles is 2. The number of rotatable bonds is 5. The molecular formula is C20H22N4O2S. The summed E-state index contributed by atoms with van der Waals surface area (Å²) in [5, 5.41) is 24.1. The van der Waals surface area contributed by atoms with E-state index < -0.39 is 22.5 Å². The zero-order chi connectivity index (χ0) is 20.2. The van der Waals surface area contributed by atoms with Gasteiger partial charge in [-0.3, -0.25) is 9.59 Å². The van der Waals surface area contributed by atoms with Gasteiger partial charge in [0, 0.05) is 11.1 Å². The molecule has 1 aliphatic rings. The first kappa shape index (κ1) is 20.5. The van der Waals surface area contributed by atoms with Crippen LogP contribution in [0, 0.1) is 34.0 Å². The van der Waals surface area contributed by atoms with Gasteiger partial charge in [-0.1, -0.05) is 44.7 Å². The molecule has 0 fully saturated rings. The van der Waals surface area contributed by atoms with Crippen molar-refractivity contribution in [3.05, 3.63) is 40.4 Å². The molecule has 0 aromatic heterocycles. The van der Waals surface area contributed by atoms with Gasteiger partial charge in [-0.2, -0.15) is 10.5 Å². The molecule has 0 aliphatic carbocycles. The summed E-state index contributed by atoms with van der Waals surface area (Å²) in [6, 6.07) is 11.7. The highest BCUT2D eigenvalue weighted by molar-refractivity contribution is 8.04. The molecule has 0 saturated carbocycles. The van der Waals surface area contributed by atoms with Crippen LogP contribution in [0.5, 0.6) is 0 Å². The predicted molar refractivity (Wildman–Crippen MR) is 105 cm³/mol. The zero-order valence-electron chi connectivity index (χ0n) is 15.8. The maximum atomic E-state index is 12.5. The number of hydrogen-bond donors (Lipinski definition) is 2. The van der Waals surface area contributed by atoms with Crippen LogP contribution >= 0.6 is 11.8 Å². The first-order valence-corrected chi connectivity index (χ1v) is 9.54. The van der Waals surface area contributed by atoms with Gasteiger partial charge in [-0.25, -0.2) is 0 Å². The molecule has 1 aromatic carbocycles. The Balaban J connectivity index is 2.17. The van der Waals surface area contributed by atoms with Crippen LogP contribution in [0.15, 0.2) is 34.9 Å². The standard InChI is InChI=1S/C20H22N4O2S/c1-5-13-6-8-14(9-7-13)23-17(25)12(2)27-19-16(11-22)20(3,4)15(10-21)18(26)24-19/h6-9,12,15H,5H2,1-4H3,(H,23,25)(H,24,26)/t12-,15-/m0/s1. The fraction of sp³-hybridized carbons (Fsp3) is 0.400. The van der Waals surface area contributed by atoms with Crippen molar-refractivity contribution >= 4 is 29.3 Å². The number of anilines is 1. The molecule has 6 nitrogen and oxygen atoms in total. The van der Waals surface area contributed by atoms with E-state index in [9.17, 15) is 20.1 Å². The Morgan fingerprint density at radius 2 is 1.96 bits per heavy atom. The number of thioether (sulfide) groups is 1. The van der Waals surface area contributed by atoms with E-state index in [-0.39, 0.29) is 5.91 Å². The Hall–Kier alpha value is -2.77. The molecule has 1 aromatic rings. The molecule has 2 amide bonds. The van der Waals surface area contributed by atoms with E-state index in [0.717, 1.165) is 18.2 Å². The van der Waals surface area contributed by atoms with E-state index in [1.807, 2.05) is 30.3 Å². The molecule has 2 N–H and O–H groups in total. The lowest BCUT2D eigenvalue weighted by Gasteiger charge is -2.35. The first-order valence-electron chi connectivity index (χ1n) is 8.66. The summed E-state index contributed by atoms with van der Waals surface area (Å²) < 4.78 is 0. The molecule has 2 atom stereocenters. The summed E-state index contributed by atoms with van der Waals surface area (Å²) in [5.74, 6) is -1.63. The monoisotopic (exact) mass is 382 g/mol. The largest absolute Gasteiger partial charge is 0.325 e. The molecule has 2 rings (SSSR count). The summed E-state index contributed by atoms with van der Waals surface area (Å²) in [4.78, 5) is 24.7. The minimum atomic E-state index is -0.947. The smallest absolute Gasteiger partial charge is 0.243 e. The van der Waals surface area contributed by atoms with Gasteiger partial charge in [-0.05, 0) is 31.0 Å². The number of carbonyl (C=O) groups is 2. The van der Waals surface area contributed by atoms with Crippen LogP contribution in [-0.4, -0.2) is 17.1 Å². The maximum Gasteiger partial charge on any atom is 0.243 e. The van der Waals surface area contributed by atoms with E-state index in [1.54, 1.807) is 20.8 Å². The Morgan fingerprint density at radius 3 is 2.48 bits per heavy atom. The number of nitrogens with zero attached hydrogens (tertiary/aromatic N) is 2. The van der Waals surface area contributed by atoms with Crippen LogP contribution in [0.4, 0.5) is 5.69 Å². The molecule has 0 unspecified atom stereocenters. The van der Waals surface area contributed by atoms with Crippen molar-refractivity contribution in [2.45, 2.75) is 39.4 Å². The Labute approximate surface area is 163 Å². The first-order chi connectivity index (χ1) is 12.7. The zero-order valence-corrected chi connectivity index (χ0v) is 16.6. The molecule has 7 heteroatoms. The van der Waals surface area contributed by atoms with E-state index in [1.165, 1.54) is 5.56 Å². The van der Waals surface area contributed by atoms with Crippen molar-refractivity contribution in [3.63, 3.8) is 0 Å². The van der Waals surface area contributed by atoms with Gasteiger partial charge in [0.05, 0.1) is 28.0 Å². The van der Waals surface area contributed by atoms with Crippen LogP contribution in [-0.2, 0) is 16.0 Å². The second-order valence-electron chi connectivity index (χ2n) is 6.89. The molecule has 0 saturated heterocycles. The average Bonchev–Trinajstić information content (AvgIpc) is 2.62. The highest BCUT2D eigenvalue weighted by Gasteiger charge is 2.45. The van der Waals surface area contributed by atoms with Crippen molar-refractivity contribution < 1.29 is 9.59 Å². The SMILES string of the molecule is CCc1ccc(NC(=O)[C@H](C)SC2=C(C#N)C(C)(C)[C@@H](C#N)C(=O)N2)cc1. The fourth-order valence-electron chi connectivity index (χ4n) is 2.81. The third kappa shape index (κ3) is 4.32. The molecule has 140 valence electrons. The fourth-order valence-corrected chi connectivity index (χ4v) is 3.92. The Kier molecular flexibility index (Phi) is 6.30. The minimum Gasteiger partial charge on any atom is -0.325 e. The van der Waals surface area contributed by atoms with Crippen molar-refractivity contribution in [2.24, 2.45) is 11.3 Å². The highest BCUT2D eigenvalue weighted by Crippen LogP contribution is 2.42. The van der Waals surface area contributed by atoms with Gasteiger partial charge in [-0.15, -0.1) is 0 Å². The molecule has 1 heterocycles. The lowest BCUT2D eigenvalue weighted by molar-refractivity contribution is -0.125. The summed E-state index contributed by atoms with van der Waals surface area (Å²) in [5.41, 5.74) is 1.26. The normalized spacial score (nSPS) is 19.5. The van der Waals surface area contributed by atoms with Crippen molar-refractivity contribution in [3.8, 4) is 12.1 Å². The summed E-state index contributed by atoms with van der Waals surface area (Å²) >= 11 is 1.11. The van der Waals surface area contributed by atoms with Gasteiger partial charge in [0.25, 0.3) is 0 Å². The van der Waals surface area contributed by atoms with E-state index >= 15 is 0 Å². The number of aryl methyl sites for hydroxylation is 1. The van der Waals surface area contributed by atoms with Gasteiger partial charge < -0.3 is 10.6 Å². The van der Waals surface area contributed by atoms with E-state index in [0.29, 0.717) is 16.3 Å². The van der Waals surface area contributed by atoms with Gasteiger partial charge in [0.2, 0.25) is 11.8 Å². The lowest BCUT2D eigenvalue weighted by Crippen LogP contribution is -2.45. The van der Waals surface area contributed by atoms with Gasteiger partial charge >= 0.3 is 0 Å². The predicted octanol–water partition coefficient (Wildman–Crippen LogP) is 3.34. The van der Waals surface area contributed by atoms with Gasteiger partial charge in [0.15, 0.2) is 0 Å². The van der Waals surface area contributed by atoms with Crippen LogP contribution in [0.25, 0.3) is 0 Å². The molecular weight excluding hydrogens is 360 g/mol. The Bertz CT molecular complexity index is 859. The molecule has 0 radical (unpaired) electrons. The lowest BCUT2D eigenvalue weighted by atomic mass is 9.72. The summed E-state index contributed by atoms with van der Waals surface area (Å²) in [6.45, 7) is 7.15. The number of carbonyl (C=O) groups excluding carboxylic acids is 2. The summed E-state index contributed by atoms with van der Waals surface area (Å²) in [7, 11) is 0. The average molecular weight is 382 g/mol. The topological polar surface area (TPSA) is 106 Å². The number of allylic oxidation sites excluding steroid dienone is 1. The number of nitrogens with one attached hydrogen (secondary N) is 2. The molecule has 1 aliphatic heterocycles. The van der Waals surface area contributed by atoms with E-state index in [4.69, 9.17) is 0 Å². The van der Waals surface area contributed by atoms with Crippen LogP contribution in [0.3, 0.4) is 0 Å². The van der Waals surface area contributed by atoms with Crippen molar-refractivity contribution in [1.29, 1.82) is 10.5 Å². The number of benzene rings is 1. The maximum absolute atomic E-state index is 12.5. The quantitative estimate of drug-likeness (QED) is 0.812. The molecule has 27 heavy (non-hydrogen) atoms. The molecule has 0 bridgehead atoms. The number of hydrogen-bond acceptors (Lipinski definition) is 5. The summed E-state index contributed by atoms with van der Waals surface area (Å²) in [6.07, 6.45) is 0.921. The van der Waals surface area contributed by atoms with Crippen LogP contribution < -0.4 is 10.6 Å².